The molecule has 0 aromatic rings. The minimum absolute atomic E-state index is 0.0000463. The Kier molecular flexibility index (Phi) is 3.21. The van der Waals surface area contributed by atoms with E-state index in [4.69, 9.17) is 0 Å². The lowest BCUT2D eigenvalue weighted by Gasteiger charge is -2.36. The van der Waals surface area contributed by atoms with Crippen molar-refractivity contribution in [1.82, 2.24) is 4.90 Å². The Balaban J connectivity index is 1.52. The van der Waals surface area contributed by atoms with Gasteiger partial charge in [0.15, 0.2) is 0 Å². The summed E-state index contributed by atoms with van der Waals surface area (Å²) in [5, 5.41) is 9.58. The van der Waals surface area contributed by atoms with Crippen molar-refractivity contribution in [2.75, 3.05) is 13.1 Å². The maximum atomic E-state index is 9.58. The van der Waals surface area contributed by atoms with E-state index in [0.717, 1.165) is 30.7 Å². The maximum Gasteiger partial charge on any atom is 0.0541 e. The Bertz CT molecular complexity index is 213. The zero-order chi connectivity index (χ0) is 11.0. The molecule has 3 rings (SSSR count). The Morgan fingerprint density at radius 1 is 0.750 bits per heavy atom. The molecule has 0 unspecified atom stereocenters. The van der Waals surface area contributed by atoms with E-state index in [2.05, 4.69) is 4.90 Å². The van der Waals surface area contributed by atoms with Gasteiger partial charge in [0, 0.05) is 19.1 Å². The summed E-state index contributed by atoms with van der Waals surface area (Å²) in [6, 6.07) is 0.796. The molecular formula is C14H25NO. The maximum absolute atomic E-state index is 9.58. The molecule has 2 heteroatoms. The zero-order valence-corrected chi connectivity index (χ0v) is 10.3. The quantitative estimate of drug-likeness (QED) is 0.773. The number of hydrogen-bond donors (Lipinski definition) is 1. The van der Waals surface area contributed by atoms with Gasteiger partial charge in [0.05, 0.1) is 6.10 Å². The van der Waals surface area contributed by atoms with Gasteiger partial charge in [-0.15, -0.1) is 0 Å². The average Bonchev–Trinajstić information content (AvgIpc) is 3.12. The molecule has 3 aliphatic rings. The number of aliphatic hydroxyl groups is 1. The molecule has 3 aliphatic carbocycles. The van der Waals surface area contributed by atoms with E-state index < -0.39 is 0 Å². The molecule has 3 saturated carbocycles. The molecular weight excluding hydrogens is 198 g/mol. The summed E-state index contributed by atoms with van der Waals surface area (Å²) in [5.74, 6) is 2.04. The summed E-state index contributed by atoms with van der Waals surface area (Å²) in [7, 11) is 0. The third-order valence-corrected chi connectivity index (χ3v) is 4.56. The Morgan fingerprint density at radius 3 is 1.69 bits per heavy atom. The van der Waals surface area contributed by atoms with Gasteiger partial charge in [-0.1, -0.05) is 0 Å². The SMILES string of the molecule is OC1CCC(N(CC2CC2)CC2CC2)CC1. The van der Waals surface area contributed by atoms with Gasteiger partial charge in [0.2, 0.25) is 0 Å². The van der Waals surface area contributed by atoms with Crippen LogP contribution in [0.15, 0.2) is 0 Å². The van der Waals surface area contributed by atoms with Gasteiger partial charge in [0.1, 0.15) is 0 Å². The second-order valence-electron chi connectivity index (χ2n) is 6.30. The second-order valence-corrected chi connectivity index (χ2v) is 6.30. The monoisotopic (exact) mass is 223 g/mol. The second kappa shape index (κ2) is 4.66. The molecule has 0 aromatic carbocycles. The number of rotatable bonds is 5. The molecule has 0 atom stereocenters. The average molecular weight is 223 g/mol. The largest absolute Gasteiger partial charge is 0.393 e. The highest BCUT2D eigenvalue weighted by atomic mass is 16.3. The first kappa shape index (κ1) is 11.0. The van der Waals surface area contributed by atoms with Crippen LogP contribution >= 0.6 is 0 Å². The summed E-state index contributed by atoms with van der Waals surface area (Å²) in [6.07, 6.45) is 10.4. The fourth-order valence-corrected chi connectivity index (χ4v) is 3.06. The van der Waals surface area contributed by atoms with Crippen LogP contribution < -0.4 is 0 Å². The summed E-state index contributed by atoms with van der Waals surface area (Å²) in [6.45, 7) is 2.72. The van der Waals surface area contributed by atoms with Gasteiger partial charge in [0.25, 0.3) is 0 Å². The number of hydrogen-bond acceptors (Lipinski definition) is 2. The van der Waals surface area contributed by atoms with Crippen molar-refractivity contribution in [3.63, 3.8) is 0 Å². The number of aliphatic hydroxyl groups excluding tert-OH is 1. The first-order valence-electron chi connectivity index (χ1n) is 7.23. The lowest BCUT2D eigenvalue weighted by molar-refractivity contribution is 0.0693. The molecule has 0 aromatic heterocycles. The minimum atomic E-state index is -0.0000463. The zero-order valence-electron chi connectivity index (χ0n) is 10.3. The van der Waals surface area contributed by atoms with Crippen molar-refractivity contribution in [2.45, 2.75) is 63.5 Å². The molecule has 16 heavy (non-hydrogen) atoms. The van der Waals surface area contributed by atoms with Gasteiger partial charge >= 0.3 is 0 Å². The summed E-state index contributed by atoms with van der Waals surface area (Å²) in [4.78, 5) is 2.78. The van der Waals surface area contributed by atoms with Crippen LogP contribution in [-0.4, -0.2) is 35.2 Å². The van der Waals surface area contributed by atoms with E-state index in [1.54, 1.807) is 0 Å². The van der Waals surface area contributed by atoms with E-state index in [9.17, 15) is 5.11 Å². The Morgan fingerprint density at radius 2 is 1.25 bits per heavy atom. The highest BCUT2D eigenvalue weighted by Gasteiger charge is 2.33. The fraction of sp³-hybridized carbons (Fsp3) is 1.00. The van der Waals surface area contributed by atoms with E-state index in [-0.39, 0.29) is 6.10 Å². The van der Waals surface area contributed by atoms with Gasteiger partial charge < -0.3 is 5.11 Å². The molecule has 0 heterocycles. The van der Waals surface area contributed by atoms with E-state index in [1.165, 1.54) is 51.6 Å². The normalized spacial score (nSPS) is 35.6. The van der Waals surface area contributed by atoms with E-state index in [0.29, 0.717) is 0 Å². The molecule has 2 nitrogen and oxygen atoms in total. The first-order chi connectivity index (χ1) is 7.81. The van der Waals surface area contributed by atoms with Crippen molar-refractivity contribution >= 4 is 0 Å². The van der Waals surface area contributed by atoms with E-state index >= 15 is 0 Å². The molecule has 0 amide bonds. The van der Waals surface area contributed by atoms with Crippen LogP contribution in [0.3, 0.4) is 0 Å². The molecule has 0 aliphatic heterocycles. The third-order valence-electron chi connectivity index (χ3n) is 4.56. The van der Waals surface area contributed by atoms with Crippen molar-refractivity contribution in [1.29, 1.82) is 0 Å². The van der Waals surface area contributed by atoms with Crippen LogP contribution in [0.2, 0.25) is 0 Å². The molecule has 0 radical (unpaired) electrons. The van der Waals surface area contributed by atoms with Gasteiger partial charge in [-0.05, 0) is 63.2 Å². The van der Waals surface area contributed by atoms with Crippen molar-refractivity contribution in [3.05, 3.63) is 0 Å². The predicted octanol–water partition coefficient (Wildman–Crippen LogP) is 2.41. The Labute approximate surface area is 99.0 Å². The summed E-state index contributed by atoms with van der Waals surface area (Å²) < 4.78 is 0. The first-order valence-corrected chi connectivity index (χ1v) is 7.23. The van der Waals surface area contributed by atoms with Crippen LogP contribution in [0, 0.1) is 11.8 Å². The van der Waals surface area contributed by atoms with Crippen molar-refractivity contribution in [2.24, 2.45) is 11.8 Å². The lowest BCUT2D eigenvalue weighted by atomic mass is 9.91. The summed E-state index contributed by atoms with van der Waals surface area (Å²) >= 11 is 0. The van der Waals surface area contributed by atoms with Crippen LogP contribution in [0.1, 0.15) is 51.4 Å². The van der Waals surface area contributed by atoms with Gasteiger partial charge in [-0.2, -0.15) is 0 Å². The third kappa shape index (κ3) is 2.98. The fourth-order valence-electron chi connectivity index (χ4n) is 3.06. The van der Waals surface area contributed by atoms with Crippen LogP contribution in [0.25, 0.3) is 0 Å². The lowest BCUT2D eigenvalue weighted by Crippen LogP contribution is -2.41. The molecule has 0 bridgehead atoms. The molecule has 0 spiro atoms. The minimum Gasteiger partial charge on any atom is -0.393 e. The van der Waals surface area contributed by atoms with Crippen LogP contribution in [-0.2, 0) is 0 Å². The van der Waals surface area contributed by atoms with Crippen molar-refractivity contribution in [3.8, 4) is 0 Å². The standard InChI is InChI=1S/C14H25NO/c16-14-7-5-13(6-8-14)15(9-11-1-2-11)10-12-3-4-12/h11-14,16H,1-10H2. The topological polar surface area (TPSA) is 23.5 Å². The van der Waals surface area contributed by atoms with Gasteiger partial charge in [-0.3, -0.25) is 4.90 Å². The molecule has 0 saturated heterocycles. The van der Waals surface area contributed by atoms with Gasteiger partial charge in [-0.25, -0.2) is 0 Å². The van der Waals surface area contributed by atoms with Crippen LogP contribution in [0.5, 0.6) is 0 Å². The molecule has 1 N–H and O–H groups in total. The van der Waals surface area contributed by atoms with Crippen molar-refractivity contribution < 1.29 is 5.11 Å². The predicted molar refractivity (Wildman–Crippen MR) is 65.3 cm³/mol. The van der Waals surface area contributed by atoms with E-state index in [1.807, 2.05) is 0 Å². The summed E-state index contributed by atoms with van der Waals surface area (Å²) in [5.41, 5.74) is 0. The van der Waals surface area contributed by atoms with Crippen LogP contribution in [0.4, 0.5) is 0 Å². The smallest absolute Gasteiger partial charge is 0.0541 e. The Hall–Kier alpha value is -0.0800. The molecule has 3 fully saturated rings. The highest BCUT2D eigenvalue weighted by molar-refractivity contribution is 4.87. The highest BCUT2D eigenvalue weighted by Crippen LogP contribution is 2.36. The number of nitrogens with zero attached hydrogens (tertiary/aromatic N) is 1. The molecule has 92 valence electrons.